The number of hydrogen-bond acceptors (Lipinski definition) is 2. The topological polar surface area (TPSA) is 16.4 Å². The predicted octanol–water partition coefficient (Wildman–Crippen LogP) is 17.4. The Hall–Kier alpha value is -8.98. The highest BCUT2D eigenvalue weighted by molar-refractivity contribution is 6.09. The maximum absolute atomic E-state index is 6.57. The summed E-state index contributed by atoms with van der Waals surface area (Å²) < 4.78 is 6.57. The van der Waals surface area contributed by atoms with Crippen molar-refractivity contribution in [3.05, 3.63) is 317 Å². The van der Waals surface area contributed by atoms with Crippen LogP contribution in [0.4, 0.5) is 17.1 Å². The van der Waals surface area contributed by atoms with Crippen molar-refractivity contribution >= 4 is 39.0 Å². The average Bonchev–Trinajstić information content (AvgIpc) is 4.08. The third-order valence-corrected chi connectivity index (χ3v) is 15.2. The molecule has 0 radical (unpaired) electrons. The number of anilines is 3. The lowest BCUT2D eigenvalue weighted by Crippen LogP contribution is -2.28. The Balaban J connectivity index is 1.03. The fourth-order valence-corrected chi connectivity index (χ4v) is 12.4. The molecule has 1 heterocycles. The van der Waals surface area contributed by atoms with Crippen LogP contribution in [0.15, 0.2) is 277 Å². The summed E-state index contributed by atoms with van der Waals surface area (Å²) in [5.41, 5.74) is 21.2. The van der Waals surface area contributed by atoms with Gasteiger partial charge in [0.1, 0.15) is 11.2 Å². The van der Waals surface area contributed by atoms with Crippen LogP contribution in [0.25, 0.3) is 55.3 Å². The van der Waals surface area contributed by atoms with Crippen molar-refractivity contribution in [2.75, 3.05) is 4.90 Å². The van der Waals surface area contributed by atoms with Gasteiger partial charge in [-0.05, 0) is 103 Å². The summed E-state index contributed by atoms with van der Waals surface area (Å²) in [6.07, 6.45) is 0. The van der Waals surface area contributed by atoms with Gasteiger partial charge in [-0.3, -0.25) is 0 Å². The molecule has 2 aliphatic rings. The van der Waals surface area contributed by atoms with Gasteiger partial charge in [0.25, 0.3) is 0 Å². The minimum Gasteiger partial charge on any atom is -0.455 e. The summed E-state index contributed by atoms with van der Waals surface area (Å²) in [4.78, 5) is 2.50. The number of hydrogen-bond donors (Lipinski definition) is 0. The Kier molecular flexibility index (Phi) is 9.06. The lowest BCUT2D eigenvalue weighted by atomic mass is 9.67. The summed E-state index contributed by atoms with van der Waals surface area (Å²) in [7, 11) is 0. The van der Waals surface area contributed by atoms with Crippen molar-refractivity contribution in [1.82, 2.24) is 0 Å². The molecule has 0 N–H and O–H groups in total. The lowest BCUT2D eigenvalue weighted by Gasteiger charge is -2.35. The van der Waals surface area contributed by atoms with E-state index < -0.39 is 10.8 Å². The zero-order valence-electron chi connectivity index (χ0n) is 38.3. The van der Waals surface area contributed by atoms with Crippen LogP contribution < -0.4 is 4.90 Å². The first-order valence-corrected chi connectivity index (χ1v) is 24.3. The van der Waals surface area contributed by atoms with E-state index in [1.54, 1.807) is 0 Å². The molecule has 0 amide bonds. The maximum Gasteiger partial charge on any atom is 0.143 e. The van der Waals surface area contributed by atoms with Crippen LogP contribution in [0.5, 0.6) is 0 Å². The van der Waals surface area contributed by atoms with Crippen LogP contribution in [-0.4, -0.2) is 0 Å². The van der Waals surface area contributed by atoms with E-state index in [4.69, 9.17) is 4.42 Å². The third-order valence-electron chi connectivity index (χ3n) is 15.2. The van der Waals surface area contributed by atoms with Gasteiger partial charge < -0.3 is 9.32 Å². The Bertz CT molecular complexity index is 3850. The van der Waals surface area contributed by atoms with Crippen LogP contribution in [0.1, 0.15) is 44.5 Å². The monoisotopic (exact) mass is 891 g/mol. The highest BCUT2D eigenvalue weighted by Gasteiger charge is 2.48. The van der Waals surface area contributed by atoms with Crippen LogP contribution >= 0.6 is 0 Å². The van der Waals surface area contributed by atoms with E-state index in [1.807, 2.05) is 6.07 Å². The van der Waals surface area contributed by atoms with Crippen LogP contribution in [0, 0.1) is 0 Å². The number of rotatable bonds is 8. The fraction of sp³-hybridized carbons (Fsp3) is 0.0294. The first-order chi connectivity index (χ1) is 34.7. The molecule has 0 atom stereocenters. The summed E-state index contributed by atoms with van der Waals surface area (Å²) in [5, 5.41) is 2.25. The largest absolute Gasteiger partial charge is 0.455 e. The number of benzene rings is 11. The minimum absolute atomic E-state index is 0.505. The fourth-order valence-electron chi connectivity index (χ4n) is 12.4. The third kappa shape index (κ3) is 5.68. The van der Waals surface area contributed by atoms with Gasteiger partial charge in [-0.25, -0.2) is 0 Å². The standard InChI is InChI=1S/C68H45NO/c1-5-21-47(22-6-1)67(48-23-7-2-8-24-48)59-34-16-13-29-54(59)58-45-52(43-44-61(58)67)69(51-41-39-46(40-42-51)53-32-19-33-56-55-30-15-18-38-64(55)70-66(53)56)63-37-20-36-62-65(63)57-31-14-17-35-60(57)68(62,49-25-9-3-10-26-49)50-27-11-4-12-28-50/h1-45H. The van der Waals surface area contributed by atoms with Crippen molar-refractivity contribution < 1.29 is 4.42 Å². The molecule has 1 aromatic heterocycles. The molecule has 0 unspecified atom stereocenters. The lowest BCUT2D eigenvalue weighted by molar-refractivity contribution is 0.670. The van der Waals surface area contributed by atoms with Gasteiger partial charge in [-0.15, -0.1) is 0 Å². The highest BCUT2D eigenvalue weighted by atomic mass is 16.3. The molecule has 11 aromatic carbocycles. The van der Waals surface area contributed by atoms with Crippen molar-refractivity contribution in [3.63, 3.8) is 0 Å². The zero-order valence-corrected chi connectivity index (χ0v) is 38.3. The average molecular weight is 892 g/mol. The molecular formula is C68H45NO. The first kappa shape index (κ1) is 40.1. The van der Waals surface area contributed by atoms with Gasteiger partial charge in [-0.1, -0.05) is 237 Å². The molecule has 0 spiro atoms. The first-order valence-electron chi connectivity index (χ1n) is 24.3. The quantitative estimate of drug-likeness (QED) is 0.151. The molecule has 0 bridgehead atoms. The highest BCUT2D eigenvalue weighted by Crippen LogP contribution is 2.61. The predicted molar refractivity (Wildman–Crippen MR) is 288 cm³/mol. The molecule has 0 saturated heterocycles. The Morgan fingerprint density at radius 1 is 0.300 bits per heavy atom. The Labute approximate surface area is 408 Å². The molecule has 0 aliphatic heterocycles. The molecule has 2 nitrogen and oxygen atoms in total. The molecule has 2 heteroatoms. The van der Waals surface area contributed by atoms with Crippen LogP contribution in [0.2, 0.25) is 0 Å². The molecule has 2 aliphatic carbocycles. The van der Waals surface area contributed by atoms with E-state index in [0.717, 1.165) is 50.1 Å². The minimum atomic E-state index is -0.549. The van der Waals surface area contributed by atoms with E-state index in [0.29, 0.717) is 0 Å². The van der Waals surface area contributed by atoms with Crippen molar-refractivity contribution in [3.8, 4) is 33.4 Å². The molecule has 0 saturated carbocycles. The second-order valence-electron chi connectivity index (χ2n) is 18.6. The molecule has 0 fully saturated rings. The summed E-state index contributed by atoms with van der Waals surface area (Å²) in [6.45, 7) is 0. The number of furan rings is 1. The van der Waals surface area contributed by atoms with Gasteiger partial charge >= 0.3 is 0 Å². The number of nitrogens with zero attached hydrogens (tertiary/aromatic N) is 1. The molecule has 14 rings (SSSR count). The van der Waals surface area contributed by atoms with Crippen molar-refractivity contribution in [2.24, 2.45) is 0 Å². The molecular weight excluding hydrogens is 847 g/mol. The SMILES string of the molecule is c1ccc(C2(c3ccccc3)c3ccccc3-c3cc(N(c4ccc(-c5cccc6c5oc5ccccc56)cc4)c4cccc5c4-c4ccccc4C5(c4ccccc4)c4ccccc4)ccc32)cc1. The van der Waals surface area contributed by atoms with Crippen molar-refractivity contribution in [1.29, 1.82) is 0 Å². The smallest absolute Gasteiger partial charge is 0.143 e. The van der Waals surface area contributed by atoms with Crippen molar-refractivity contribution in [2.45, 2.75) is 10.8 Å². The van der Waals surface area contributed by atoms with Gasteiger partial charge in [0.15, 0.2) is 0 Å². The second kappa shape index (κ2) is 15.8. The van der Waals surface area contributed by atoms with Crippen LogP contribution in [-0.2, 0) is 10.8 Å². The van der Waals surface area contributed by atoms with E-state index >= 15 is 0 Å². The van der Waals surface area contributed by atoms with E-state index in [9.17, 15) is 0 Å². The summed E-state index contributed by atoms with van der Waals surface area (Å²) in [6, 6.07) is 100. The maximum atomic E-state index is 6.57. The second-order valence-corrected chi connectivity index (χ2v) is 18.6. The Morgan fingerprint density at radius 2 is 0.757 bits per heavy atom. The zero-order chi connectivity index (χ0) is 46.2. The van der Waals surface area contributed by atoms with Gasteiger partial charge in [-0.2, -0.15) is 0 Å². The summed E-state index contributed by atoms with van der Waals surface area (Å²) in [5.74, 6) is 0. The molecule has 12 aromatic rings. The van der Waals surface area contributed by atoms with Crippen LogP contribution in [0.3, 0.4) is 0 Å². The van der Waals surface area contributed by atoms with E-state index in [-0.39, 0.29) is 0 Å². The molecule has 328 valence electrons. The normalized spacial score (nSPS) is 13.7. The summed E-state index contributed by atoms with van der Waals surface area (Å²) >= 11 is 0. The van der Waals surface area contributed by atoms with E-state index in [2.05, 4.69) is 272 Å². The van der Waals surface area contributed by atoms with Gasteiger partial charge in [0, 0.05) is 33.3 Å². The Morgan fingerprint density at radius 3 is 1.40 bits per heavy atom. The van der Waals surface area contributed by atoms with E-state index in [1.165, 1.54) is 66.8 Å². The molecule has 70 heavy (non-hydrogen) atoms. The van der Waals surface area contributed by atoms with Gasteiger partial charge in [0.2, 0.25) is 0 Å². The number of fused-ring (bicyclic) bond motifs is 9. The number of para-hydroxylation sites is 2. The van der Waals surface area contributed by atoms with Gasteiger partial charge in [0.05, 0.1) is 16.5 Å².